The Balaban J connectivity index is 2.21. The molecule has 0 amide bonds. The summed E-state index contributed by atoms with van der Waals surface area (Å²) in [6.07, 6.45) is 1.49. The van der Waals surface area contributed by atoms with Gasteiger partial charge in [0.1, 0.15) is 17.5 Å². The predicted octanol–water partition coefficient (Wildman–Crippen LogP) is 1.59. The number of aromatic nitrogens is 2. The topological polar surface area (TPSA) is 52.5 Å². The first kappa shape index (κ1) is 14.1. The van der Waals surface area contributed by atoms with E-state index in [1.165, 1.54) is 0 Å². The lowest BCUT2D eigenvalue weighted by atomic mass is 10.1. The van der Waals surface area contributed by atoms with Crippen molar-refractivity contribution in [2.75, 3.05) is 36.0 Å². The Kier molecular flexibility index (Phi) is 4.58. The van der Waals surface area contributed by atoms with Gasteiger partial charge in [0.05, 0.1) is 6.10 Å². The third kappa shape index (κ3) is 3.35. The molecule has 0 bridgehead atoms. The fourth-order valence-electron chi connectivity index (χ4n) is 2.50. The van der Waals surface area contributed by atoms with Gasteiger partial charge in [-0.25, -0.2) is 9.97 Å². The van der Waals surface area contributed by atoms with E-state index >= 15 is 0 Å². The largest absolute Gasteiger partial charge is 0.393 e. The molecule has 106 valence electrons. The molecule has 1 N–H and O–H groups in total. The van der Waals surface area contributed by atoms with Gasteiger partial charge in [0.2, 0.25) is 0 Å². The number of aryl methyl sites for hydroxylation is 1. The molecule has 0 spiro atoms. The zero-order valence-corrected chi connectivity index (χ0v) is 12.1. The van der Waals surface area contributed by atoms with Gasteiger partial charge in [-0.1, -0.05) is 0 Å². The monoisotopic (exact) mass is 264 g/mol. The van der Waals surface area contributed by atoms with Crippen LogP contribution in [-0.4, -0.2) is 47.4 Å². The smallest absolute Gasteiger partial charge is 0.134 e. The molecule has 1 aromatic heterocycles. The van der Waals surface area contributed by atoms with E-state index in [-0.39, 0.29) is 6.10 Å². The Morgan fingerprint density at radius 2 is 1.89 bits per heavy atom. The van der Waals surface area contributed by atoms with Crippen LogP contribution < -0.4 is 9.80 Å². The number of nitrogens with zero attached hydrogens (tertiary/aromatic N) is 4. The van der Waals surface area contributed by atoms with E-state index in [1.54, 1.807) is 0 Å². The van der Waals surface area contributed by atoms with Crippen molar-refractivity contribution in [1.29, 1.82) is 0 Å². The Hall–Kier alpha value is -1.36. The zero-order chi connectivity index (χ0) is 13.8. The summed E-state index contributed by atoms with van der Waals surface area (Å²) < 4.78 is 0. The molecule has 5 nitrogen and oxygen atoms in total. The summed E-state index contributed by atoms with van der Waals surface area (Å²) in [5.41, 5.74) is 0. The maximum atomic E-state index is 9.58. The lowest BCUT2D eigenvalue weighted by Gasteiger charge is -2.31. The molecule has 1 aliphatic rings. The minimum Gasteiger partial charge on any atom is -0.393 e. The van der Waals surface area contributed by atoms with E-state index in [4.69, 9.17) is 0 Å². The molecule has 1 saturated heterocycles. The van der Waals surface area contributed by atoms with Crippen molar-refractivity contribution < 1.29 is 5.11 Å². The standard InChI is InChI=1S/C14H24N4O/c1-4-17(5-2)13-10-14(16-11(3)15-13)18-8-6-12(19)7-9-18/h10,12,19H,4-9H2,1-3H3. The molecule has 2 rings (SSSR count). The third-order valence-corrected chi connectivity index (χ3v) is 3.69. The molecule has 0 saturated carbocycles. The van der Waals surface area contributed by atoms with Crippen LogP contribution in [0.5, 0.6) is 0 Å². The average Bonchev–Trinajstić information content (AvgIpc) is 2.40. The minimum atomic E-state index is -0.151. The van der Waals surface area contributed by atoms with Crippen LogP contribution in [0, 0.1) is 6.92 Å². The van der Waals surface area contributed by atoms with E-state index in [0.717, 1.165) is 56.5 Å². The van der Waals surface area contributed by atoms with Gasteiger partial charge in [0, 0.05) is 32.2 Å². The summed E-state index contributed by atoms with van der Waals surface area (Å²) >= 11 is 0. The van der Waals surface area contributed by atoms with Crippen molar-refractivity contribution in [3.8, 4) is 0 Å². The first-order chi connectivity index (χ1) is 9.13. The van der Waals surface area contributed by atoms with Crippen LogP contribution in [-0.2, 0) is 0 Å². The van der Waals surface area contributed by atoms with Crippen molar-refractivity contribution in [3.63, 3.8) is 0 Å². The van der Waals surface area contributed by atoms with Crippen molar-refractivity contribution in [2.24, 2.45) is 0 Å². The van der Waals surface area contributed by atoms with Crippen molar-refractivity contribution >= 4 is 11.6 Å². The van der Waals surface area contributed by atoms with Gasteiger partial charge in [-0.2, -0.15) is 0 Å². The third-order valence-electron chi connectivity index (χ3n) is 3.69. The Labute approximate surface area is 115 Å². The number of piperidine rings is 1. The van der Waals surface area contributed by atoms with E-state index in [1.807, 2.05) is 6.92 Å². The summed E-state index contributed by atoms with van der Waals surface area (Å²) in [6, 6.07) is 2.07. The van der Waals surface area contributed by atoms with Crippen molar-refractivity contribution in [1.82, 2.24) is 9.97 Å². The molecule has 0 aliphatic carbocycles. The van der Waals surface area contributed by atoms with Crippen LogP contribution in [0.25, 0.3) is 0 Å². The Morgan fingerprint density at radius 1 is 1.26 bits per heavy atom. The van der Waals surface area contributed by atoms with Gasteiger partial charge in [-0.3, -0.25) is 0 Å². The predicted molar refractivity (Wildman–Crippen MR) is 77.8 cm³/mol. The molecule has 0 radical (unpaired) electrons. The summed E-state index contributed by atoms with van der Waals surface area (Å²) in [5, 5.41) is 9.58. The van der Waals surface area contributed by atoms with Crippen LogP contribution in [0.15, 0.2) is 6.07 Å². The van der Waals surface area contributed by atoms with E-state index in [2.05, 4.69) is 39.7 Å². The summed E-state index contributed by atoms with van der Waals surface area (Å²) in [4.78, 5) is 13.5. The van der Waals surface area contributed by atoms with E-state index in [0.29, 0.717) is 0 Å². The van der Waals surface area contributed by atoms with Crippen LogP contribution in [0.3, 0.4) is 0 Å². The molecule has 0 atom stereocenters. The number of rotatable bonds is 4. The summed E-state index contributed by atoms with van der Waals surface area (Å²) in [5.74, 6) is 2.80. The van der Waals surface area contributed by atoms with Gasteiger partial charge in [0.25, 0.3) is 0 Å². The van der Waals surface area contributed by atoms with E-state index in [9.17, 15) is 5.11 Å². The number of anilines is 2. The van der Waals surface area contributed by atoms with Crippen LogP contribution in [0.4, 0.5) is 11.6 Å². The second kappa shape index (κ2) is 6.19. The van der Waals surface area contributed by atoms with E-state index < -0.39 is 0 Å². The molecule has 19 heavy (non-hydrogen) atoms. The fourth-order valence-corrected chi connectivity index (χ4v) is 2.50. The van der Waals surface area contributed by atoms with Crippen LogP contribution in [0.2, 0.25) is 0 Å². The average molecular weight is 264 g/mol. The first-order valence-corrected chi connectivity index (χ1v) is 7.17. The molecule has 1 fully saturated rings. The summed E-state index contributed by atoms with van der Waals surface area (Å²) in [6.45, 7) is 9.85. The number of hydrogen-bond donors (Lipinski definition) is 1. The van der Waals surface area contributed by atoms with Crippen LogP contribution in [0.1, 0.15) is 32.5 Å². The lowest BCUT2D eigenvalue weighted by molar-refractivity contribution is 0.145. The Bertz CT molecular complexity index is 412. The van der Waals surface area contributed by atoms with Gasteiger partial charge in [0.15, 0.2) is 0 Å². The molecule has 5 heteroatoms. The van der Waals surface area contributed by atoms with Gasteiger partial charge < -0.3 is 14.9 Å². The van der Waals surface area contributed by atoms with Gasteiger partial charge >= 0.3 is 0 Å². The highest BCUT2D eigenvalue weighted by atomic mass is 16.3. The molecule has 1 aromatic rings. The van der Waals surface area contributed by atoms with Gasteiger partial charge in [-0.05, 0) is 33.6 Å². The molecular weight excluding hydrogens is 240 g/mol. The molecule has 1 aliphatic heterocycles. The highest BCUT2D eigenvalue weighted by molar-refractivity contribution is 5.51. The number of aliphatic hydroxyl groups is 1. The van der Waals surface area contributed by atoms with Gasteiger partial charge in [-0.15, -0.1) is 0 Å². The van der Waals surface area contributed by atoms with Crippen molar-refractivity contribution in [3.05, 3.63) is 11.9 Å². The number of aliphatic hydroxyl groups excluding tert-OH is 1. The maximum absolute atomic E-state index is 9.58. The highest BCUT2D eigenvalue weighted by Gasteiger charge is 2.19. The second-order valence-corrected chi connectivity index (χ2v) is 5.02. The zero-order valence-electron chi connectivity index (χ0n) is 12.1. The molecular formula is C14H24N4O. The molecule has 2 heterocycles. The summed E-state index contributed by atoms with van der Waals surface area (Å²) in [7, 11) is 0. The fraction of sp³-hybridized carbons (Fsp3) is 0.714. The highest BCUT2D eigenvalue weighted by Crippen LogP contribution is 2.22. The Morgan fingerprint density at radius 3 is 2.47 bits per heavy atom. The SMILES string of the molecule is CCN(CC)c1cc(N2CCC(O)CC2)nc(C)n1. The second-order valence-electron chi connectivity index (χ2n) is 5.02. The molecule has 0 unspecified atom stereocenters. The number of hydrogen-bond acceptors (Lipinski definition) is 5. The normalized spacial score (nSPS) is 16.7. The van der Waals surface area contributed by atoms with Crippen LogP contribution >= 0.6 is 0 Å². The lowest BCUT2D eigenvalue weighted by Crippen LogP contribution is -2.36. The van der Waals surface area contributed by atoms with Crippen molar-refractivity contribution in [2.45, 2.75) is 39.7 Å². The molecule has 0 aromatic carbocycles. The maximum Gasteiger partial charge on any atom is 0.134 e. The first-order valence-electron chi connectivity index (χ1n) is 7.17. The quantitative estimate of drug-likeness (QED) is 0.895. The minimum absolute atomic E-state index is 0.151.